The zero-order valence-corrected chi connectivity index (χ0v) is 9.90. The lowest BCUT2D eigenvalue weighted by Gasteiger charge is -2.22. The maximum absolute atomic E-state index is 10.6. The second kappa shape index (κ2) is 5.72. The summed E-state index contributed by atoms with van der Waals surface area (Å²) in [6.45, 7) is 1.72. The molecule has 4 nitrogen and oxygen atoms in total. The summed E-state index contributed by atoms with van der Waals surface area (Å²) in [4.78, 5) is 10.6. The van der Waals surface area contributed by atoms with Gasteiger partial charge in [0, 0.05) is 12.1 Å². The van der Waals surface area contributed by atoms with Crippen LogP contribution in [0.5, 0.6) is 0 Å². The van der Waals surface area contributed by atoms with Crippen LogP contribution in [0.4, 0.5) is 4.79 Å². The van der Waals surface area contributed by atoms with Gasteiger partial charge in [-0.15, -0.1) is 0 Å². The average molecular weight is 244 g/mol. The van der Waals surface area contributed by atoms with Crippen LogP contribution in [0.1, 0.15) is 18.6 Å². The van der Waals surface area contributed by atoms with E-state index in [1.165, 1.54) is 0 Å². The molecule has 0 aliphatic rings. The topological polar surface area (TPSA) is 61.6 Å². The Hall–Kier alpha value is -1.26. The Balaban J connectivity index is 2.81. The van der Waals surface area contributed by atoms with Crippen LogP contribution in [0.25, 0.3) is 0 Å². The summed E-state index contributed by atoms with van der Waals surface area (Å²) in [6.07, 6.45) is -1.63. The monoisotopic (exact) mass is 243 g/mol. The van der Waals surface area contributed by atoms with E-state index in [0.717, 1.165) is 5.56 Å². The molecule has 0 saturated heterocycles. The summed E-state index contributed by atoms with van der Waals surface area (Å²) in [6, 6.07) is 7.13. The molecular formula is C11H14ClNO3. The fourth-order valence-corrected chi connectivity index (χ4v) is 1.62. The van der Waals surface area contributed by atoms with Gasteiger partial charge in [-0.3, -0.25) is 0 Å². The first-order valence-corrected chi connectivity index (χ1v) is 5.16. The van der Waals surface area contributed by atoms with Crippen molar-refractivity contribution in [3.63, 3.8) is 0 Å². The third-order valence-electron chi connectivity index (χ3n) is 2.18. The quantitative estimate of drug-likeness (QED) is 0.884. The number of hydrogen-bond acceptors (Lipinski definition) is 3. The Bertz CT molecular complexity index is 353. The van der Waals surface area contributed by atoms with Crippen molar-refractivity contribution in [2.75, 3.05) is 7.11 Å². The number of nitrogens with two attached hydrogens (primary N) is 1. The number of hydrogen-bond donors (Lipinski definition) is 1. The Kier molecular flexibility index (Phi) is 4.58. The van der Waals surface area contributed by atoms with E-state index in [4.69, 9.17) is 26.8 Å². The van der Waals surface area contributed by atoms with Crippen LogP contribution in [0.3, 0.4) is 0 Å². The van der Waals surface area contributed by atoms with Crippen molar-refractivity contribution in [1.82, 2.24) is 0 Å². The first-order valence-electron chi connectivity index (χ1n) is 4.79. The van der Waals surface area contributed by atoms with E-state index in [0.29, 0.717) is 5.02 Å². The molecule has 2 N–H and O–H groups in total. The third-order valence-corrected chi connectivity index (χ3v) is 2.43. The van der Waals surface area contributed by atoms with E-state index < -0.39 is 12.2 Å². The lowest BCUT2D eigenvalue weighted by Crippen LogP contribution is -2.26. The highest BCUT2D eigenvalue weighted by Gasteiger charge is 2.21. The molecule has 1 aromatic carbocycles. The maximum Gasteiger partial charge on any atom is 0.404 e. The number of carbonyl (C=O) groups is 1. The number of benzene rings is 1. The van der Waals surface area contributed by atoms with Crippen LogP contribution in [-0.2, 0) is 9.47 Å². The lowest BCUT2D eigenvalue weighted by atomic mass is 10.1. The van der Waals surface area contributed by atoms with E-state index in [-0.39, 0.29) is 6.10 Å². The fourth-order valence-electron chi connectivity index (χ4n) is 1.50. The van der Waals surface area contributed by atoms with Crippen LogP contribution in [0.2, 0.25) is 5.02 Å². The fraction of sp³-hybridized carbons (Fsp3) is 0.364. The van der Waals surface area contributed by atoms with Gasteiger partial charge in [0.1, 0.15) is 12.2 Å². The van der Waals surface area contributed by atoms with Gasteiger partial charge in [0.25, 0.3) is 0 Å². The van der Waals surface area contributed by atoms with Crippen molar-refractivity contribution >= 4 is 17.7 Å². The highest BCUT2D eigenvalue weighted by molar-refractivity contribution is 6.30. The van der Waals surface area contributed by atoms with Gasteiger partial charge in [-0.1, -0.05) is 23.7 Å². The van der Waals surface area contributed by atoms with Crippen molar-refractivity contribution in [2.24, 2.45) is 5.73 Å². The molecule has 0 saturated carbocycles. The van der Waals surface area contributed by atoms with Gasteiger partial charge >= 0.3 is 6.09 Å². The van der Waals surface area contributed by atoms with Gasteiger partial charge in [-0.2, -0.15) is 0 Å². The first-order chi connectivity index (χ1) is 7.54. The highest BCUT2D eigenvalue weighted by atomic mass is 35.5. The minimum Gasteiger partial charge on any atom is -0.444 e. The molecule has 0 aromatic heterocycles. The van der Waals surface area contributed by atoms with E-state index in [1.54, 1.807) is 26.2 Å². The van der Waals surface area contributed by atoms with Crippen molar-refractivity contribution < 1.29 is 14.3 Å². The van der Waals surface area contributed by atoms with E-state index in [2.05, 4.69) is 0 Å². The zero-order chi connectivity index (χ0) is 12.1. The predicted molar refractivity (Wildman–Crippen MR) is 61.3 cm³/mol. The lowest BCUT2D eigenvalue weighted by molar-refractivity contribution is -0.0120. The van der Waals surface area contributed by atoms with Crippen LogP contribution in [-0.4, -0.2) is 19.3 Å². The third kappa shape index (κ3) is 3.40. The highest BCUT2D eigenvalue weighted by Crippen LogP contribution is 2.24. The van der Waals surface area contributed by atoms with Crippen molar-refractivity contribution in [2.45, 2.75) is 19.1 Å². The van der Waals surface area contributed by atoms with Crippen molar-refractivity contribution in [3.8, 4) is 0 Å². The summed E-state index contributed by atoms with van der Waals surface area (Å²) in [5.74, 6) is 0. The molecular weight excluding hydrogens is 230 g/mol. The summed E-state index contributed by atoms with van der Waals surface area (Å²) in [5, 5.41) is 0.641. The number of primary amides is 1. The molecule has 1 rings (SSSR count). The Morgan fingerprint density at radius 1 is 1.38 bits per heavy atom. The van der Waals surface area contributed by atoms with Crippen LogP contribution in [0, 0.1) is 0 Å². The molecule has 0 heterocycles. The molecule has 88 valence electrons. The molecule has 1 amide bonds. The SMILES string of the molecule is COC(c1ccc(Cl)cc1)C(C)OC(N)=O. The van der Waals surface area contributed by atoms with Gasteiger partial charge in [-0.05, 0) is 24.6 Å². The second-order valence-corrected chi connectivity index (χ2v) is 3.79. The summed E-state index contributed by atoms with van der Waals surface area (Å²) >= 11 is 5.78. The predicted octanol–water partition coefficient (Wildman–Crippen LogP) is 2.51. The van der Waals surface area contributed by atoms with Crippen LogP contribution >= 0.6 is 11.6 Å². The summed E-state index contributed by atoms with van der Waals surface area (Å²) in [7, 11) is 1.54. The second-order valence-electron chi connectivity index (χ2n) is 3.35. The largest absolute Gasteiger partial charge is 0.444 e. The molecule has 0 aliphatic carbocycles. The van der Waals surface area contributed by atoms with Gasteiger partial charge in [-0.25, -0.2) is 4.79 Å². The molecule has 2 unspecified atom stereocenters. The Labute approximate surface area is 99.3 Å². The molecule has 0 radical (unpaired) electrons. The normalized spacial score (nSPS) is 14.2. The molecule has 1 aromatic rings. The number of rotatable bonds is 4. The Morgan fingerprint density at radius 2 is 1.94 bits per heavy atom. The number of amides is 1. The van der Waals surface area contributed by atoms with Crippen molar-refractivity contribution in [3.05, 3.63) is 34.9 Å². The Morgan fingerprint density at radius 3 is 2.38 bits per heavy atom. The zero-order valence-electron chi connectivity index (χ0n) is 9.14. The van der Waals surface area contributed by atoms with E-state index in [9.17, 15) is 4.79 Å². The number of halogens is 1. The van der Waals surface area contributed by atoms with E-state index >= 15 is 0 Å². The molecule has 2 atom stereocenters. The summed E-state index contributed by atoms with van der Waals surface area (Å²) in [5.41, 5.74) is 5.83. The maximum atomic E-state index is 10.6. The molecule has 0 spiro atoms. The average Bonchev–Trinajstić information content (AvgIpc) is 2.21. The molecule has 0 bridgehead atoms. The van der Waals surface area contributed by atoms with Gasteiger partial charge < -0.3 is 15.2 Å². The number of carbonyl (C=O) groups excluding carboxylic acids is 1. The molecule has 0 fully saturated rings. The number of ether oxygens (including phenoxy) is 2. The summed E-state index contributed by atoms with van der Waals surface area (Å²) < 4.78 is 10.1. The molecule has 5 heteroatoms. The molecule has 0 aliphatic heterocycles. The van der Waals surface area contributed by atoms with Gasteiger partial charge in [0.05, 0.1) is 0 Å². The minimum atomic E-state index is -0.816. The van der Waals surface area contributed by atoms with Crippen LogP contribution in [0.15, 0.2) is 24.3 Å². The number of methoxy groups -OCH3 is 1. The van der Waals surface area contributed by atoms with Crippen LogP contribution < -0.4 is 5.73 Å². The standard InChI is InChI=1S/C11H14ClNO3/c1-7(16-11(13)14)10(15-2)8-3-5-9(12)6-4-8/h3-7,10H,1-2H3,(H2,13,14). The van der Waals surface area contributed by atoms with Gasteiger partial charge in [0.2, 0.25) is 0 Å². The molecule has 16 heavy (non-hydrogen) atoms. The smallest absolute Gasteiger partial charge is 0.404 e. The van der Waals surface area contributed by atoms with Gasteiger partial charge in [0.15, 0.2) is 0 Å². The first kappa shape index (κ1) is 12.8. The van der Waals surface area contributed by atoms with E-state index in [1.807, 2.05) is 12.1 Å². The van der Waals surface area contributed by atoms with Crippen molar-refractivity contribution in [1.29, 1.82) is 0 Å². The minimum absolute atomic E-state index is 0.357.